The van der Waals surface area contributed by atoms with Crippen LogP contribution in [0.2, 0.25) is 0 Å². The fraction of sp³-hybridized carbons (Fsp3) is 0.900. The van der Waals surface area contributed by atoms with Gasteiger partial charge >= 0.3 is 5.97 Å². The van der Waals surface area contributed by atoms with E-state index in [4.69, 9.17) is 4.74 Å². The first-order valence-electron chi connectivity index (χ1n) is 5.02. The Labute approximate surface area is 72.3 Å². The molecule has 2 saturated carbocycles. The maximum absolute atomic E-state index is 11.4. The predicted molar refractivity (Wildman–Crippen MR) is 43.4 cm³/mol. The average molecular weight is 166 g/mol. The van der Waals surface area contributed by atoms with Gasteiger partial charge in [-0.1, -0.05) is 0 Å². The van der Waals surface area contributed by atoms with E-state index >= 15 is 0 Å². The largest absolute Gasteiger partial charge is 0.462 e. The normalized spacial score (nSPS) is 50.5. The molecule has 0 radical (unpaired) electrons. The molecular formula is C10H14O2. The van der Waals surface area contributed by atoms with Crippen molar-refractivity contribution in [3.63, 3.8) is 0 Å². The molecule has 2 aliphatic heterocycles. The van der Waals surface area contributed by atoms with Gasteiger partial charge < -0.3 is 4.74 Å². The van der Waals surface area contributed by atoms with Crippen LogP contribution in [0.1, 0.15) is 32.1 Å². The number of carbonyl (C=O) groups excluding carboxylic acids is 1. The van der Waals surface area contributed by atoms with Crippen LogP contribution in [0.5, 0.6) is 0 Å². The summed E-state index contributed by atoms with van der Waals surface area (Å²) >= 11 is 0. The number of carbonyl (C=O) groups is 1. The Morgan fingerprint density at radius 3 is 2.33 bits per heavy atom. The second-order valence-corrected chi connectivity index (χ2v) is 4.67. The molecule has 0 aromatic heterocycles. The van der Waals surface area contributed by atoms with E-state index in [2.05, 4.69) is 0 Å². The zero-order valence-corrected chi connectivity index (χ0v) is 7.16. The number of ether oxygens (including phenoxy) is 1. The first kappa shape index (κ1) is 6.93. The van der Waals surface area contributed by atoms with Crippen molar-refractivity contribution in [3.05, 3.63) is 0 Å². The molecule has 0 aromatic carbocycles. The molecule has 66 valence electrons. The summed E-state index contributed by atoms with van der Waals surface area (Å²) in [7, 11) is 0. The Balaban J connectivity index is 1.95. The van der Waals surface area contributed by atoms with Crippen LogP contribution in [0.3, 0.4) is 0 Å². The molecule has 2 heterocycles. The molecule has 12 heavy (non-hydrogen) atoms. The Kier molecular flexibility index (Phi) is 1.29. The van der Waals surface area contributed by atoms with Crippen LogP contribution >= 0.6 is 0 Å². The Bertz CT molecular complexity index is 210. The highest BCUT2D eigenvalue weighted by Gasteiger charge is 2.44. The summed E-state index contributed by atoms with van der Waals surface area (Å²) in [6.45, 7) is 0. The molecule has 0 spiro atoms. The van der Waals surface area contributed by atoms with Crippen LogP contribution in [0, 0.1) is 17.8 Å². The SMILES string of the molecule is O=C1OC2CC3CC1C[C@@H](C3)C2. The van der Waals surface area contributed by atoms with Crippen molar-refractivity contribution in [1.29, 1.82) is 0 Å². The first-order chi connectivity index (χ1) is 5.81. The maximum Gasteiger partial charge on any atom is 0.309 e. The summed E-state index contributed by atoms with van der Waals surface area (Å²) in [4.78, 5) is 11.4. The standard InChI is InChI=1S/C10H14O2/c11-10-8-2-6-1-7(3-8)5-9(4-6)12-10/h6-9H,1-5H2/t6-,7?,8?,9?/m1/s1. The first-order valence-corrected chi connectivity index (χ1v) is 5.02. The van der Waals surface area contributed by atoms with Gasteiger partial charge in [-0.3, -0.25) is 4.79 Å². The van der Waals surface area contributed by atoms with E-state index in [0.717, 1.165) is 37.5 Å². The molecule has 2 aliphatic carbocycles. The lowest BCUT2D eigenvalue weighted by Gasteiger charge is -2.35. The summed E-state index contributed by atoms with van der Waals surface area (Å²) in [6.07, 6.45) is 6.19. The molecule has 4 fully saturated rings. The number of hydrogen-bond donors (Lipinski definition) is 0. The van der Waals surface area contributed by atoms with Crippen molar-refractivity contribution in [2.75, 3.05) is 0 Å². The summed E-state index contributed by atoms with van der Waals surface area (Å²) < 4.78 is 5.40. The molecule has 2 nitrogen and oxygen atoms in total. The van der Waals surface area contributed by atoms with E-state index in [-0.39, 0.29) is 18.0 Å². The van der Waals surface area contributed by atoms with Crippen molar-refractivity contribution in [2.45, 2.75) is 38.2 Å². The van der Waals surface area contributed by atoms with Crippen molar-refractivity contribution in [1.82, 2.24) is 0 Å². The number of hydrogen-bond acceptors (Lipinski definition) is 2. The summed E-state index contributed by atoms with van der Waals surface area (Å²) in [5.41, 5.74) is 0. The van der Waals surface area contributed by atoms with Gasteiger partial charge in [0.2, 0.25) is 0 Å². The highest BCUT2D eigenvalue weighted by molar-refractivity contribution is 5.73. The van der Waals surface area contributed by atoms with Crippen molar-refractivity contribution >= 4 is 5.97 Å². The molecule has 4 bridgehead atoms. The van der Waals surface area contributed by atoms with Crippen LogP contribution in [-0.2, 0) is 9.53 Å². The van der Waals surface area contributed by atoms with E-state index in [1.165, 1.54) is 6.42 Å². The second kappa shape index (κ2) is 2.24. The predicted octanol–water partition coefficient (Wildman–Crippen LogP) is 1.74. The van der Waals surface area contributed by atoms with Gasteiger partial charge in [0.15, 0.2) is 0 Å². The molecule has 2 saturated heterocycles. The van der Waals surface area contributed by atoms with E-state index in [9.17, 15) is 4.79 Å². The minimum absolute atomic E-state index is 0.102. The third-order valence-electron chi connectivity index (χ3n) is 3.71. The third kappa shape index (κ3) is 0.900. The van der Waals surface area contributed by atoms with E-state index in [1.54, 1.807) is 0 Å². The van der Waals surface area contributed by atoms with E-state index in [0.29, 0.717) is 0 Å². The number of esters is 1. The molecule has 4 aliphatic rings. The smallest absolute Gasteiger partial charge is 0.309 e. The molecule has 3 unspecified atom stereocenters. The van der Waals surface area contributed by atoms with E-state index < -0.39 is 0 Å². The number of fused-ring (bicyclic) bond motifs is 1. The fourth-order valence-corrected chi connectivity index (χ4v) is 3.34. The van der Waals surface area contributed by atoms with Crippen molar-refractivity contribution in [2.24, 2.45) is 17.8 Å². The highest BCUT2D eigenvalue weighted by atomic mass is 16.5. The van der Waals surface area contributed by atoms with Crippen LogP contribution in [0.15, 0.2) is 0 Å². The van der Waals surface area contributed by atoms with Crippen molar-refractivity contribution in [3.8, 4) is 0 Å². The minimum atomic E-state index is 0.102. The van der Waals surface area contributed by atoms with Gasteiger partial charge in [0.05, 0.1) is 5.92 Å². The van der Waals surface area contributed by atoms with Crippen LogP contribution in [0.4, 0.5) is 0 Å². The molecule has 0 aromatic rings. The lowest BCUT2D eigenvalue weighted by atomic mass is 9.68. The van der Waals surface area contributed by atoms with Gasteiger partial charge in [0.25, 0.3) is 0 Å². The average Bonchev–Trinajstić information content (AvgIpc) is 2.16. The van der Waals surface area contributed by atoms with Crippen molar-refractivity contribution < 1.29 is 9.53 Å². The Morgan fingerprint density at radius 2 is 1.67 bits per heavy atom. The lowest BCUT2D eigenvalue weighted by Crippen LogP contribution is -2.29. The summed E-state index contributed by atoms with van der Waals surface area (Å²) in [5, 5.41) is 0. The quantitative estimate of drug-likeness (QED) is 0.512. The van der Waals surface area contributed by atoms with Gasteiger partial charge in [0.1, 0.15) is 6.10 Å². The van der Waals surface area contributed by atoms with Gasteiger partial charge in [-0.05, 0) is 43.9 Å². The second-order valence-electron chi connectivity index (χ2n) is 4.67. The summed E-state index contributed by atoms with van der Waals surface area (Å²) in [6, 6.07) is 0. The summed E-state index contributed by atoms with van der Waals surface area (Å²) in [5.74, 6) is 1.98. The van der Waals surface area contributed by atoms with Gasteiger partial charge in [0, 0.05) is 0 Å². The lowest BCUT2D eigenvalue weighted by molar-refractivity contribution is -0.151. The number of rotatable bonds is 0. The Hall–Kier alpha value is -0.530. The maximum atomic E-state index is 11.4. The zero-order chi connectivity index (χ0) is 8.13. The van der Waals surface area contributed by atoms with Gasteiger partial charge in [-0.15, -0.1) is 0 Å². The van der Waals surface area contributed by atoms with Gasteiger partial charge in [-0.2, -0.15) is 0 Å². The zero-order valence-electron chi connectivity index (χ0n) is 7.16. The van der Waals surface area contributed by atoms with Crippen LogP contribution in [0.25, 0.3) is 0 Å². The molecular weight excluding hydrogens is 152 g/mol. The molecule has 0 N–H and O–H groups in total. The molecule has 2 heteroatoms. The molecule has 4 atom stereocenters. The third-order valence-corrected chi connectivity index (χ3v) is 3.71. The Morgan fingerprint density at radius 1 is 1.00 bits per heavy atom. The van der Waals surface area contributed by atoms with Gasteiger partial charge in [-0.25, -0.2) is 0 Å². The molecule has 0 amide bonds. The monoisotopic (exact) mass is 166 g/mol. The van der Waals surface area contributed by atoms with Crippen LogP contribution < -0.4 is 0 Å². The topological polar surface area (TPSA) is 26.3 Å². The molecule has 4 rings (SSSR count). The van der Waals surface area contributed by atoms with E-state index in [1.807, 2.05) is 0 Å². The highest BCUT2D eigenvalue weighted by Crippen LogP contribution is 2.46. The van der Waals surface area contributed by atoms with Crippen LogP contribution in [-0.4, -0.2) is 12.1 Å². The fourth-order valence-electron chi connectivity index (χ4n) is 3.34. The minimum Gasteiger partial charge on any atom is -0.462 e.